The largest absolute Gasteiger partial charge is 0.481 e. The molecule has 0 radical (unpaired) electrons. The topological polar surface area (TPSA) is 66.4 Å². The zero-order valence-corrected chi connectivity index (χ0v) is 12.6. The monoisotopic (exact) mass is 317 g/mol. The molecule has 2 rings (SSSR count). The van der Waals surface area contributed by atoms with Crippen LogP contribution in [0.4, 0.5) is 5.69 Å². The average Bonchev–Trinajstić information content (AvgIpc) is 2.50. The van der Waals surface area contributed by atoms with Gasteiger partial charge in [-0.05, 0) is 36.2 Å². The van der Waals surface area contributed by atoms with Crippen LogP contribution in [-0.4, -0.2) is 17.0 Å². The van der Waals surface area contributed by atoms with Crippen molar-refractivity contribution in [1.29, 1.82) is 0 Å². The second kappa shape index (κ2) is 7.61. The Morgan fingerprint density at radius 2 is 1.68 bits per heavy atom. The molecule has 0 unspecified atom stereocenters. The van der Waals surface area contributed by atoms with E-state index in [1.165, 1.54) is 0 Å². The molecule has 0 heterocycles. The molecule has 0 aliphatic rings. The highest BCUT2D eigenvalue weighted by molar-refractivity contribution is 6.30. The van der Waals surface area contributed by atoms with E-state index in [0.717, 1.165) is 5.56 Å². The Morgan fingerprint density at radius 1 is 1.05 bits per heavy atom. The molecule has 2 N–H and O–H groups in total. The first-order valence-electron chi connectivity index (χ1n) is 6.87. The second-order valence-corrected chi connectivity index (χ2v) is 5.42. The molecule has 4 nitrogen and oxygen atoms in total. The maximum atomic E-state index is 12.0. The Kier molecular flexibility index (Phi) is 5.55. The number of amides is 1. The highest BCUT2D eigenvalue weighted by Crippen LogP contribution is 2.16. The van der Waals surface area contributed by atoms with Crippen molar-refractivity contribution in [2.24, 2.45) is 5.92 Å². The Morgan fingerprint density at radius 3 is 2.27 bits per heavy atom. The number of rotatable bonds is 6. The fourth-order valence-electron chi connectivity index (χ4n) is 2.11. The minimum atomic E-state index is -0.977. The fraction of sp³-hybridized carbons (Fsp3) is 0.176. The minimum absolute atomic E-state index is 0.0765. The van der Waals surface area contributed by atoms with Gasteiger partial charge in [-0.3, -0.25) is 9.59 Å². The molecule has 5 heteroatoms. The van der Waals surface area contributed by atoms with Gasteiger partial charge in [-0.2, -0.15) is 0 Å². The van der Waals surface area contributed by atoms with Gasteiger partial charge in [0.15, 0.2) is 0 Å². The normalized spacial score (nSPS) is 11.7. The van der Waals surface area contributed by atoms with Crippen molar-refractivity contribution in [3.8, 4) is 0 Å². The number of hydrogen-bond acceptors (Lipinski definition) is 2. The van der Waals surface area contributed by atoms with E-state index in [-0.39, 0.29) is 12.3 Å². The molecule has 0 saturated heterocycles. The molecule has 114 valence electrons. The summed E-state index contributed by atoms with van der Waals surface area (Å²) in [5, 5.41) is 12.5. The Bertz CT molecular complexity index is 641. The summed E-state index contributed by atoms with van der Waals surface area (Å²) in [5.74, 6) is -2.06. The van der Waals surface area contributed by atoms with Crippen LogP contribution in [0.25, 0.3) is 0 Å². The van der Waals surface area contributed by atoms with Crippen LogP contribution in [0, 0.1) is 5.92 Å². The lowest BCUT2D eigenvalue weighted by molar-refractivity contribution is -0.143. The van der Waals surface area contributed by atoms with Gasteiger partial charge in [0, 0.05) is 17.1 Å². The highest BCUT2D eigenvalue weighted by Gasteiger charge is 2.21. The van der Waals surface area contributed by atoms with E-state index in [1.807, 2.05) is 30.3 Å². The van der Waals surface area contributed by atoms with Gasteiger partial charge in [0.05, 0.1) is 5.92 Å². The van der Waals surface area contributed by atoms with Crippen LogP contribution in [0.15, 0.2) is 54.6 Å². The van der Waals surface area contributed by atoms with Crippen molar-refractivity contribution in [2.45, 2.75) is 12.8 Å². The van der Waals surface area contributed by atoms with Crippen molar-refractivity contribution in [3.05, 3.63) is 65.2 Å². The van der Waals surface area contributed by atoms with Crippen molar-refractivity contribution < 1.29 is 14.7 Å². The highest BCUT2D eigenvalue weighted by atomic mass is 35.5. The van der Waals surface area contributed by atoms with Crippen LogP contribution in [0.3, 0.4) is 0 Å². The van der Waals surface area contributed by atoms with E-state index in [9.17, 15) is 14.7 Å². The van der Waals surface area contributed by atoms with E-state index < -0.39 is 11.9 Å². The predicted molar refractivity (Wildman–Crippen MR) is 86.0 cm³/mol. The third-order valence-electron chi connectivity index (χ3n) is 3.23. The maximum Gasteiger partial charge on any atom is 0.307 e. The van der Waals surface area contributed by atoms with Crippen molar-refractivity contribution in [2.75, 3.05) is 5.32 Å². The zero-order valence-electron chi connectivity index (χ0n) is 11.8. The van der Waals surface area contributed by atoms with Crippen LogP contribution in [0.5, 0.6) is 0 Å². The Balaban J connectivity index is 1.97. The zero-order chi connectivity index (χ0) is 15.9. The van der Waals surface area contributed by atoms with Crippen molar-refractivity contribution in [1.82, 2.24) is 0 Å². The van der Waals surface area contributed by atoms with E-state index in [2.05, 4.69) is 5.32 Å². The summed E-state index contributed by atoms with van der Waals surface area (Å²) in [5.41, 5.74) is 1.49. The summed E-state index contributed by atoms with van der Waals surface area (Å²) in [6.45, 7) is 0. The summed E-state index contributed by atoms with van der Waals surface area (Å²) in [7, 11) is 0. The molecular formula is C17H16ClNO3. The minimum Gasteiger partial charge on any atom is -0.481 e. The molecule has 0 fully saturated rings. The standard InChI is InChI=1S/C17H16ClNO3/c18-14-6-8-15(9-7-14)19-16(20)11-13(17(21)22)10-12-4-2-1-3-5-12/h1-9,13H,10-11H2,(H,19,20)(H,21,22)/t13-/m0/s1. The average molecular weight is 318 g/mol. The van der Waals surface area contributed by atoms with Crippen LogP contribution in [-0.2, 0) is 16.0 Å². The van der Waals surface area contributed by atoms with Crippen molar-refractivity contribution >= 4 is 29.2 Å². The van der Waals surface area contributed by atoms with Gasteiger partial charge in [-0.15, -0.1) is 0 Å². The Hall–Kier alpha value is -2.33. The van der Waals surface area contributed by atoms with Crippen LogP contribution >= 0.6 is 11.6 Å². The van der Waals surface area contributed by atoms with Crippen molar-refractivity contribution in [3.63, 3.8) is 0 Å². The third-order valence-corrected chi connectivity index (χ3v) is 3.49. The van der Waals surface area contributed by atoms with Crippen LogP contribution in [0.2, 0.25) is 5.02 Å². The smallest absolute Gasteiger partial charge is 0.307 e. The first-order chi connectivity index (χ1) is 10.5. The quantitative estimate of drug-likeness (QED) is 0.855. The molecule has 0 aliphatic heterocycles. The number of carbonyl (C=O) groups is 2. The van der Waals surface area contributed by atoms with E-state index >= 15 is 0 Å². The molecule has 1 atom stereocenters. The van der Waals surface area contributed by atoms with Crippen LogP contribution < -0.4 is 5.32 Å². The first kappa shape index (κ1) is 16.0. The van der Waals surface area contributed by atoms with E-state index in [1.54, 1.807) is 24.3 Å². The summed E-state index contributed by atoms with van der Waals surface area (Å²) < 4.78 is 0. The number of aliphatic carboxylic acids is 1. The lowest BCUT2D eigenvalue weighted by Gasteiger charge is -2.12. The van der Waals surface area contributed by atoms with Gasteiger partial charge in [-0.1, -0.05) is 41.9 Å². The number of anilines is 1. The molecule has 0 saturated carbocycles. The summed E-state index contributed by atoms with van der Waals surface area (Å²) in [4.78, 5) is 23.3. The van der Waals surface area contributed by atoms with Gasteiger partial charge in [0.2, 0.25) is 5.91 Å². The summed E-state index contributed by atoms with van der Waals surface area (Å²) in [6.07, 6.45) is 0.247. The number of benzene rings is 2. The van der Waals surface area contributed by atoms with Gasteiger partial charge in [0.1, 0.15) is 0 Å². The predicted octanol–water partition coefficient (Wildman–Crippen LogP) is 3.61. The fourth-order valence-corrected chi connectivity index (χ4v) is 2.24. The first-order valence-corrected chi connectivity index (χ1v) is 7.24. The lowest BCUT2D eigenvalue weighted by Crippen LogP contribution is -2.24. The number of hydrogen-bond donors (Lipinski definition) is 2. The van der Waals surface area contributed by atoms with Crippen LogP contribution in [0.1, 0.15) is 12.0 Å². The molecule has 0 bridgehead atoms. The molecule has 2 aromatic carbocycles. The van der Waals surface area contributed by atoms with Gasteiger partial charge < -0.3 is 10.4 Å². The molecular weight excluding hydrogens is 302 g/mol. The third kappa shape index (κ3) is 4.90. The molecule has 2 aromatic rings. The summed E-state index contributed by atoms with van der Waals surface area (Å²) >= 11 is 5.77. The van der Waals surface area contributed by atoms with Gasteiger partial charge in [0.25, 0.3) is 0 Å². The van der Waals surface area contributed by atoms with E-state index in [0.29, 0.717) is 17.1 Å². The summed E-state index contributed by atoms with van der Waals surface area (Å²) in [6, 6.07) is 15.9. The molecule has 1 amide bonds. The number of nitrogens with one attached hydrogen (secondary N) is 1. The molecule has 22 heavy (non-hydrogen) atoms. The SMILES string of the molecule is O=C(C[C@H](Cc1ccccc1)C(=O)O)Nc1ccc(Cl)cc1. The van der Waals surface area contributed by atoms with Gasteiger partial charge >= 0.3 is 5.97 Å². The Labute approximate surface area is 133 Å². The van der Waals surface area contributed by atoms with E-state index in [4.69, 9.17) is 11.6 Å². The lowest BCUT2D eigenvalue weighted by atomic mass is 9.96. The molecule has 0 spiro atoms. The molecule has 0 aliphatic carbocycles. The second-order valence-electron chi connectivity index (χ2n) is 4.98. The number of halogens is 1. The number of carboxylic acid groups (broad SMARTS) is 1. The number of carboxylic acids is 1. The maximum absolute atomic E-state index is 12.0. The molecule has 0 aromatic heterocycles. The number of carbonyl (C=O) groups excluding carboxylic acids is 1. The van der Waals surface area contributed by atoms with Gasteiger partial charge in [-0.25, -0.2) is 0 Å².